The highest BCUT2D eigenvalue weighted by Gasteiger charge is 2.12. The minimum atomic E-state index is -0.153. The normalized spacial score (nSPS) is 10.1. The number of nitrogens with two attached hydrogens (primary N) is 1. The smallest absolute Gasteiger partial charge is 0.251 e. The average molecular weight is 387 g/mol. The van der Waals surface area contributed by atoms with E-state index in [0.29, 0.717) is 24.5 Å². The van der Waals surface area contributed by atoms with Crippen LogP contribution < -0.4 is 21.1 Å². The molecule has 0 spiro atoms. The van der Waals surface area contributed by atoms with E-state index < -0.39 is 0 Å². The van der Waals surface area contributed by atoms with E-state index in [-0.39, 0.29) is 23.0 Å². The highest BCUT2D eigenvalue weighted by atomic mass is 16.5. The Hall–Kier alpha value is -4.05. The third-order valence-corrected chi connectivity index (χ3v) is 4.13. The highest BCUT2D eigenvalue weighted by molar-refractivity contribution is 5.94. The van der Waals surface area contributed by atoms with Crippen LogP contribution in [0.5, 0.6) is 5.88 Å². The summed E-state index contributed by atoms with van der Waals surface area (Å²) in [6.07, 6.45) is 0. The molecule has 7 nitrogen and oxygen atoms in total. The fourth-order valence-electron chi connectivity index (χ4n) is 2.69. The van der Waals surface area contributed by atoms with Gasteiger partial charge >= 0.3 is 0 Å². The summed E-state index contributed by atoms with van der Waals surface area (Å²) in [5, 5.41) is 15.2. The molecule has 146 valence electrons. The Morgan fingerprint density at radius 3 is 2.55 bits per heavy atom. The Labute approximate surface area is 169 Å². The number of nitrogens with one attached hydrogen (secondary N) is 2. The average Bonchev–Trinajstić information content (AvgIpc) is 2.73. The minimum absolute atomic E-state index is 0.153. The summed E-state index contributed by atoms with van der Waals surface area (Å²) in [7, 11) is 0. The van der Waals surface area contributed by atoms with Crippen molar-refractivity contribution in [2.75, 3.05) is 17.7 Å². The maximum atomic E-state index is 12.3. The van der Waals surface area contributed by atoms with Gasteiger partial charge in [-0.25, -0.2) is 0 Å². The molecule has 0 fully saturated rings. The van der Waals surface area contributed by atoms with E-state index in [1.165, 1.54) is 0 Å². The van der Waals surface area contributed by atoms with Gasteiger partial charge in [0.15, 0.2) is 0 Å². The van der Waals surface area contributed by atoms with Crippen molar-refractivity contribution in [3.63, 3.8) is 0 Å². The van der Waals surface area contributed by atoms with Crippen molar-refractivity contribution < 1.29 is 9.53 Å². The van der Waals surface area contributed by atoms with E-state index in [1.807, 2.05) is 36.4 Å². The second-order valence-corrected chi connectivity index (χ2v) is 6.19. The van der Waals surface area contributed by atoms with Gasteiger partial charge in [0.2, 0.25) is 5.88 Å². The van der Waals surface area contributed by atoms with Gasteiger partial charge < -0.3 is 21.1 Å². The zero-order valence-electron chi connectivity index (χ0n) is 16.0. The van der Waals surface area contributed by atoms with Crippen LogP contribution in [0.4, 0.5) is 17.2 Å². The minimum Gasteiger partial charge on any atom is -0.477 e. The Bertz CT molecular complexity index is 1030. The van der Waals surface area contributed by atoms with E-state index >= 15 is 0 Å². The predicted octanol–water partition coefficient (Wildman–Crippen LogP) is 3.61. The molecule has 3 rings (SSSR count). The van der Waals surface area contributed by atoms with Crippen LogP contribution in [0.15, 0.2) is 60.7 Å². The van der Waals surface area contributed by atoms with Crippen molar-refractivity contribution >= 4 is 23.1 Å². The predicted molar refractivity (Wildman–Crippen MR) is 112 cm³/mol. The molecule has 4 N–H and O–H groups in total. The molecule has 0 radical (unpaired) electrons. The number of anilines is 3. The molecule has 0 atom stereocenters. The summed E-state index contributed by atoms with van der Waals surface area (Å²) < 4.78 is 5.39. The standard InChI is InChI=1S/C22H21N5O2/c1-2-29-22-18(13-23)19(24)12-20(27-22)26-17-10-8-16(9-11-17)21(28)25-14-15-6-4-3-5-7-15/h3-12H,2,14H2,1H3,(H,25,28)(H3,24,26,27). The topological polar surface area (TPSA) is 113 Å². The lowest BCUT2D eigenvalue weighted by molar-refractivity contribution is 0.0951. The Balaban J connectivity index is 1.67. The molecule has 1 heterocycles. The zero-order chi connectivity index (χ0) is 20.6. The largest absolute Gasteiger partial charge is 0.477 e. The zero-order valence-corrected chi connectivity index (χ0v) is 16.0. The fourth-order valence-corrected chi connectivity index (χ4v) is 2.69. The lowest BCUT2D eigenvalue weighted by Crippen LogP contribution is -2.22. The van der Waals surface area contributed by atoms with Gasteiger partial charge in [-0.3, -0.25) is 4.79 Å². The summed E-state index contributed by atoms with van der Waals surface area (Å²) in [5.74, 6) is 0.486. The molecule has 0 saturated heterocycles. The molecule has 0 aliphatic carbocycles. The number of rotatable bonds is 7. The number of carbonyl (C=O) groups excluding carboxylic acids is 1. The molecule has 7 heteroatoms. The molecular weight excluding hydrogens is 366 g/mol. The molecule has 29 heavy (non-hydrogen) atoms. The molecule has 1 amide bonds. The number of pyridine rings is 1. The lowest BCUT2D eigenvalue weighted by Gasteiger charge is -2.11. The monoisotopic (exact) mass is 387 g/mol. The van der Waals surface area contributed by atoms with Gasteiger partial charge in [-0.2, -0.15) is 10.2 Å². The van der Waals surface area contributed by atoms with Gasteiger partial charge in [0.1, 0.15) is 17.5 Å². The number of hydrogen-bond donors (Lipinski definition) is 3. The van der Waals surface area contributed by atoms with Crippen LogP contribution in [0.1, 0.15) is 28.4 Å². The van der Waals surface area contributed by atoms with Crippen LogP contribution in [0.2, 0.25) is 0 Å². The SMILES string of the molecule is CCOc1nc(Nc2ccc(C(=O)NCc3ccccc3)cc2)cc(N)c1C#N. The summed E-state index contributed by atoms with van der Waals surface area (Å²) in [6, 6.07) is 20.3. The molecule has 2 aromatic carbocycles. The van der Waals surface area contributed by atoms with Gasteiger partial charge in [0, 0.05) is 23.9 Å². The van der Waals surface area contributed by atoms with Gasteiger partial charge in [-0.15, -0.1) is 0 Å². The molecule has 3 aromatic rings. The van der Waals surface area contributed by atoms with E-state index in [1.54, 1.807) is 37.3 Å². The number of nitrogen functional groups attached to an aromatic ring is 1. The second kappa shape index (κ2) is 9.24. The molecule has 0 bridgehead atoms. The van der Waals surface area contributed by atoms with Gasteiger partial charge in [0.05, 0.1) is 12.3 Å². The van der Waals surface area contributed by atoms with Crippen molar-refractivity contribution in [2.45, 2.75) is 13.5 Å². The van der Waals surface area contributed by atoms with Crippen LogP contribution in [0.3, 0.4) is 0 Å². The molecule has 1 aromatic heterocycles. The Morgan fingerprint density at radius 1 is 1.17 bits per heavy atom. The van der Waals surface area contributed by atoms with Crippen molar-refractivity contribution in [3.8, 4) is 11.9 Å². The van der Waals surface area contributed by atoms with Gasteiger partial charge in [0.25, 0.3) is 5.91 Å². The first-order valence-electron chi connectivity index (χ1n) is 9.13. The Kier molecular flexibility index (Phi) is 6.28. The van der Waals surface area contributed by atoms with Crippen molar-refractivity contribution in [3.05, 3.63) is 77.4 Å². The van der Waals surface area contributed by atoms with Crippen LogP contribution in [-0.4, -0.2) is 17.5 Å². The third kappa shape index (κ3) is 5.02. The second-order valence-electron chi connectivity index (χ2n) is 6.19. The number of amides is 1. The van der Waals surface area contributed by atoms with Crippen LogP contribution in [-0.2, 0) is 6.54 Å². The summed E-state index contributed by atoms with van der Waals surface area (Å²) >= 11 is 0. The van der Waals surface area contributed by atoms with Crippen LogP contribution in [0, 0.1) is 11.3 Å². The van der Waals surface area contributed by atoms with E-state index in [0.717, 1.165) is 11.3 Å². The first-order valence-corrected chi connectivity index (χ1v) is 9.13. The van der Waals surface area contributed by atoms with E-state index in [9.17, 15) is 10.1 Å². The molecule has 0 unspecified atom stereocenters. The van der Waals surface area contributed by atoms with Crippen LogP contribution >= 0.6 is 0 Å². The number of aromatic nitrogens is 1. The number of nitriles is 1. The number of ether oxygens (including phenoxy) is 1. The van der Waals surface area contributed by atoms with E-state index in [2.05, 4.69) is 15.6 Å². The van der Waals surface area contributed by atoms with Crippen LogP contribution in [0.25, 0.3) is 0 Å². The number of carbonyl (C=O) groups is 1. The summed E-state index contributed by atoms with van der Waals surface area (Å²) in [6.45, 7) is 2.65. The van der Waals surface area contributed by atoms with Crippen molar-refractivity contribution in [1.82, 2.24) is 10.3 Å². The fraction of sp³-hybridized carbons (Fsp3) is 0.136. The van der Waals surface area contributed by atoms with Gasteiger partial charge in [-0.05, 0) is 36.8 Å². The quantitative estimate of drug-likeness (QED) is 0.571. The molecule has 0 aliphatic heterocycles. The first-order chi connectivity index (χ1) is 14.1. The summed E-state index contributed by atoms with van der Waals surface area (Å²) in [4.78, 5) is 16.6. The number of hydrogen-bond acceptors (Lipinski definition) is 6. The number of benzene rings is 2. The molecule has 0 saturated carbocycles. The summed E-state index contributed by atoms with van der Waals surface area (Å²) in [5.41, 5.74) is 8.73. The molecular formula is C22H21N5O2. The van der Waals surface area contributed by atoms with Gasteiger partial charge in [-0.1, -0.05) is 30.3 Å². The lowest BCUT2D eigenvalue weighted by atomic mass is 10.1. The van der Waals surface area contributed by atoms with E-state index in [4.69, 9.17) is 10.5 Å². The third-order valence-electron chi connectivity index (χ3n) is 4.13. The first kappa shape index (κ1) is 19.7. The maximum Gasteiger partial charge on any atom is 0.251 e. The maximum absolute atomic E-state index is 12.3. The number of nitrogens with zero attached hydrogens (tertiary/aromatic N) is 2. The highest BCUT2D eigenvalue weighted by Crippen LogP contribution is 2.27. The van der Waals surface area contributed by atoms with Crippen molar-refractivity contribution in [2.24, 2.45) is 0 Å². The Morgan fingerprint density at radius 2 is 1.90 bits per heavy atom. The molecule has 0 aliphatic rings. The van der Waals surface area contributed by atoms with Crippen molar-refractivity contribution in [1.29, 1.82) is 5.26 Å².